The number of carbonyl (C=O) groups excluding carboxylic acids is 1. The Hall–Kier alpha value is -3.85. The SMILES string of the molecule is Cc1ccc2nc(-c3cc(NC(=S)NC(=O)c4ccc(-c5ccc(Cl)c(Cl)c5)o4)ccc3O)oc2c1. The quantitative estimate of drug-likeness (QED) is 0.164. The van der Waals surface area contributed by atoms with E-state index >= 15 is 0 Å². The van der Waals surface area contributed by atoms with Gasteiger partial charge in [0.25, 0.3) is 5.91 Å². The average Bonchev–Trinajstić information content (AvgIpc) is 3.49. The zero-order chi connectivity index (χ0) is 25.4. The lowest BCUT2D eigenvalue weighted by Gasteiger charge is -2.10. The van der Waals surface area contributed by atoms with Crippen LogP contribution in [-0.2, 0) is 0 Å². The van der Waals surface area contributed by atoms with Crippen molar-refractivity contribution in [2.75, 3.05) is 5.32 Å². The molecule has 0 bridgehead atoms. The number of rotatable bonds is 4. The number of oxazole rings is 1. The number of amides is 1. The highest BCUT2D eigenvalue weighted by Gasteiger charge is 2.16. The molecule has 7 nitrogen and oxygen atoms in total. The molecule has 2 heterocycles. The number of nitrogens with one attached hydrogen (secondary N) is 2. The molecule has 3 N–H and O–H groups in total. The predicted octanol–water partition coefficient (Wildman–Crippen LogP) is 7.20. The number of carbonyl (C=O) groups is 1. The van der Waals surface area contributed by atoms with Crippen LogP contribution < -0.4 is 10.6 Å². The number of aryl methyl sites for hydroxylation is 1. The lowest BCUT2D eigenvalue weighted by atomic mass is 10.1. The number of aromatic hydroxyl groups is 1. The number of nitrogens with zero attached hydrogens (tertiary/aromatic N) is 1. The minimum Gasteiger partial charge on any atom is -0.507 e. The smallest absolute Gasteiger partial charge is 0.293 e. The van der Waals surface area contributed by atoms with E-state index in [0.717, 1.165) is 5.56 Å². The zero-order valence-corrected chi connectivity index (χ0v) is 21.0. The summed E-state index contributed by atoms with van der Waals surface area (Å²) in [5.41, 5.74) is 3.89. The molecule has 36 heavy (non-hydrogen) atoms. The number of anilines is 1. The van der Waals surface area contributed by atoms with Crippen LogP contribution in [0, 0.1) is 6.92 Å². The molecule has 5 aromatic rings. The van der Waals surface area contributed by atoms with Gasteiger partial charge in [0.1, 0.15) is 17.0 Å². The lowest BCUT2D eigenvalue weighted by molar-refractivity contribution is 0.0951. The molecule has 3 aromatic carbocycles. The molecule has 0 aliphatic rings. The van der Waals surface area contributed by atoms with Gasteiger partial charge in [-0.15, -0.1) is 0 Å². The number of aromatic nitrogens is 1. The highest BCUT2D eigenvalue weighted by molar-refractivity contribution is 7.80. The van der Waals surface area contributed by atoms with Crippen molar-refractivity contribution in [3.8, 4) is 28.5 Å². The van der Waals surface area contributed by atoms with Crippen molar-refractivity contribution in [2.45, 2.75) is 6.92 Å². The Balaban J connectivity index is 1.29. The van der Waals surface area contributed by atoms with Crippen LogP contribution in [0.25, 0.3) is 33.9 Å². The van der Waals surface area contributed by atoms with Crippen LogP contribution in [0.1, 0.15) is 16.1 Å². The molecule has 0 aliphatic carbocycles. The second kappa shape index (κ2) is 9.66. The Labute approximate surface area is 220 Å². The van der Waals surface area contributed by atoms with E-state index < -0.39 is 5.91 Å². The van der Waals surface area contributed by atoms with Gasteiger partial charge in [0.15, 0.2) is 16.5 Å². The third-order valence-corrected chi connectivity index (χ3v) is 6.23. The summed E-state index contributed by atoms with van der Waals surface area (Å²) >= 11 is 17.3. The van der Waals surface area contributed by atoms with Gasteiger partial charge in [-0.3, -0.25) is 10.1 Å². The fraction of sp³-hybridized carbons (Fsp3) is 0.0385. The van der Waals surface area contributed by atoms with Gasteiger partial charge in [-0.2, -0.15) is 0 Å². The Morgan fingerprint density at radius 1 is 0.972 bits per heavy atom. The summed E-state index contributed by atoms with van der Waals surface area (Å²) in [4.78, 5) is 17.1. The summed E-state index contributed by atoms with van der Waals surface area (Å²) in [6, 6.07) is 18.6. The van der Waals surface area contributed by atoms with E-state index in [9.17, 15) is 9.90 Å². The standard InChI is InChI=1S/C26H17Cl2N3O4S/c1-13-2-6-19-23(10-13)35-25(30-19)16-12-15(4-7-20(16)32)29-26(36)31-24(33)22-9-8-21(34-22)14-3-5-17(27)18(28)11-14/h2-12,32H,1H3,(H2,29,31,33,36). The number of phenols is 1. The molecule has 0 saturated carbocycles. The third-order valence-electron chi connectivity index (χ3n) is 5.29. The number of phenolic OH excluding ortho intramolecular Hbond substituents is 1. The first-order valence-electron chi connectivity index (χ1n) is 10.6. The van der Waals surface area contributed by atoms with E-state index in [0.29, 0.717) is 43.7 Å². The summed E-state index contributed by atoms with van der Waals surface area (Å²) in [6.07, 6.45) is 0. The number of furan rings is 1. The van der Waals surface area contributed by atoms with Gasteiger partial charge >= 0.3 is 0 Å². The Kier molecular flexibility index (Phi) is 6.40. The van der Waals surface area contributed by atoms with E-state index in [1.165, 1.54) is 12.1 Å². The largest absolute Gasteiger partial charge is 0.507 e. The molecule has 0 aliphatic heterocycles. The fourth-order valence-corrected chi connectivity index (χ4v) is 4.03. The first kappa shape index (κ1) is 23.9. The van der Waals surface area contributed by atoms with Crippen molar-refractivity contribution in [2.24, 2.45) is 0 Å². The van der Waals surface area contributed by atoms with Crippen molar-refractivity contribution in [1.82, 2.24) is 10.3 Å². The van der Waals surface area contributed by atoms with Gasteiger partial charge in [0.2, 0.25) is 5.89 Å². The topological polar surface area (TPSA) is 101 Å². The number of fused-ring (bicyclic) bond motifs is 1. The number of benzene rings is 3. The molecule has 0 unspecified atom stereocenters. The van der Waals surface area contributed by atoms with Crippen molar-refractivity contribution in [1.29, 1.82) is 0 Å². The predicted molar refractivity (Wildman–Crippen MR) is 144 cm³/mol. The van der Waals surface area contributed by atoms with Crippen molar-refractivity contribution < 1.29 is 18.7 Å². The average molecular weight is 538 g/mol. The number of hydrogen-bond donors (Lipinski definition) is 3. The Bertz CT molecular complexity index is 1640. The van der Waals surface area contributed by atoms with Gasteiger partial charge in [-0.25, -0.2) is 4.98 Å². The molecule has 180 valence electrons. The molecule has 10 heteroatoms. The van der Waals surface area contributed by atoms with Gasteiger partial charge in [0.05, 0.1) is 15.6 Å². The first-order chi connectivity index (χ1) is 17.3. The summed E-state index contributed by atoms with van der Waals surface area (Å²) in [5, 5.41) is 16.7. The van der Waals surface area contributed by atoms with Crippen LogP contribution in [0.2, 0.25) is 10.0 Å². The molecule has 5 rings (SSSR count). The van der Waals surface area contributed by atoms with Crippen molar-refractivity contribution >= 4 is 63.2 Å². The molecule has 0 saturated heterocycles. The van der Waals surface area contributed by atoms with Gasteiger partial charge in [0, 0.05) is 11.3 Å². The van der Waals surface area contributed by atoms with Gasteiger partial charge < -0.3 is 19.3 Å². The Morgan fingerprint density at radius 2 is 1.81 bits per heavy atom. The minimum atomic E-state index is -0.535. The second-order valence-electron chi connectivity index (χ2n) is 7.92. The Morgan fingerprint density at radius 3 is 2.61 bits per heavy atom. The maximum absolute atomic E-state index is 12.6. The first-order valence-corrected chi connectivity index (χ1v) is 11.8. The normalized spacial score (nSPS) is 11.0. The molecule has 0 atom stereocenters. The van der Waals surface area contributed by atoms with Crippen LogP contribution in [0.3, 0.4) is 0 Å². The van der Waals surface area contributed by atoms with Crippen LogP contribution in [-0.4, -0.2) is 21.1 Å². The maximum Gasteiger partial charge on any atom is 0.293 e. The van der Waals surface area contributed by atoms with Crippen LogP contribution in [0.4, 0.5) is 5.69 Å². The highest BCUT2D eigenvalue weighted by atomic mass is 35.5. The molecular formula is C26H17Cl2N3O4S. The molecule has 2 aromatic heterocycles. The molecule has 0 radical (unpaired) electrons. The zero-order valence-electron chi connectivity index (χ0n) is 18.6. The molecule has 1 amide bonds. The molecular weight excluding hydrogens is 521 g/mol. The molecule has 0 fully saturated rings. The number of halogens is 2. The number of hydrogen-bond acceptors (Lipinski definition) is 6. The third kappa shape index (κ3) is 4.92. The van der Waals surface area contributed by atoms with Gasteiger partial charge in [-0.05, 0) is 85.4 Å². The highest BCUT2D eigenvalue weighted by Crippen LogP contribution is 2.34. The summed E-state index contributed by atoms with van der Waals surface area (Å²) in [6.45, 7) is 1.95. The van der Waals surface area contributed by atoms with Crippen LogP contribution in [0.5, 0.6) is 5.75 Å². The summed E-state index contributed by atoms with van der Waals surface area (Å²) in [5.74, 6) is 0.233. The summed E-state index contributed by atoms with van der Waals surface area (Å²) in [7, 11) is 0. The lowest BCUT2D eigenvalue weighted by Crippen LogP contribution is -2.33. The monoisotopic (exact) mass is 537 g/mol. The molecule has 0 spiro atoms. The maximum atomic E-state index is 12.6. The summed E-state index contributed by atoms with van der Waals surface area (Å²) < 4.78 is 11.5. The van der Waals surface area contributed by atoms with Crippen LogP contribution in [0.15, 0.2) is 75.6 Å². The van der Waals surface area contributed by atoms with Gasteiger partial charge in [-0.1, -0.05) is 29.3 Å². The van der Waals surface area contributed by atoms with E-state index in [-0.39, 0.29) is 22.5 Å². The fourth-order valence-electron chi connectivity index (χ4n) is 3.52. The van der Waals surface area contributed by atoms with E-state index in [2.05, 4.69) is 15.6 Å². The number of thiocarbonyl (C=S) groups is 1. The van der Waals surface area contributed by atoms with Crippen LogP contribution >= 0.6 is 35.4 Å². The van der Waals surface area contributed by atoms with E-state index in [4.69, 9.17) is 44.3 Å². The van der Waals surface area contributed by atoms with Crippen molar-refractivity contribution in [3.63, 3.8) is 0 Å². The van der Waals surface area contributed by atoms with E-state index in [1.807, 2.05) is 25.1 Å². The van der Waals surface area contributed by atoms with Crippen molar-refractivity contribution in [3.05, 3.63) is 88.1 Å². The second-order valence-corrected chi connectivity index (χ2v) is 9.15. The van der Waals surface area contributed by atoms with E-state index in [1.54, 1.807) is 36.4 Å². The minimum absolute atomic E-state index is 0.0100.